The molecule has 2 aromatic carbocycles. The molecule has 0 saturated carbocycles. The number of carbonyl (C=O) groups excluding carboxylic acids is 1. The summed E-state index contributed by atoms with van der Waals surface area (Å²) in [6.45, 7) is 6.78. The van der Waals surface area contributed by atoms with Crippen molar-refractivity contribution in [3.05, 3.63) is 77.1 Å². The van der Waals surface area contributed by atoms with Crippen molar-refractivity contribution in [2.24, 2.45) is 0 Å². The molecule has 0 aliphatic carbocycles. The van der Waals surface area contributed by atoms with Crippen molar-refractivity contribution in [2.75, 3.05) is 11.9 Å². The highest BCUT2D eigenvalue weighted by Gasteiger charge is 2.09. The zero-order valence-corrected chi connectivity index (χ0v) is 16.9. The molecular weight excluding hydrogens is 366 g/mol. The molecule has 0 saturated heterocycles. The molecule has 0 aliphatic rings. The van der Waals surface area contributed by atoms with Gasteiger partial charge in [-0.3, -0.25) is 0 Å². The van der Waals surface area contributed by atoms with Crippen molar-refractivity contribution in [3.63, 3.8) is 0 Å². The highest BCUT2D eigenvalue weighted by Crippen LogP contribution is 2.24. The number of aryl methyl sites for hydroxylation is 2. The van der Waals surface area contributed by atoms with E-state index in [0.717, 1.165) is 29.1 Å². The van der Waals surface area contributed by atoms with Gasteiger partial charge in [-0.15, -0.1) is 0 Å². The molecule has 1 heterocycles. The van der Waals surface area contributed by atoms with E-state index in [0.29, 0.717) is 30.5 Å². The van der Waals surface area contributed by atoms with Gasteiger partial charge >= 0.3 is 12.0 Å². The lowest BCUT2D eigenvalue weighted by Gasteiger charge is -2.12. The molecule has 0 fully saturated rings. The van der Waals surface area contributed by atoms with Gasteiger partial charge in [0.15, 0.2) is 0 Å². The lowest BCUT2D eigenvalue weighted by Crippen LogP contribution is -2.06. The zero-order chi connectivity index (χ0) is 20.6. The molecule has 0 bridgehead atoms. The molecule has 0 unspecified atom stereocenters. The van der Waals surface area contributed by atoms with Gasteiger partial charge in [-0.25, -0.2) is 14.8 Å². The fraction of sp³-hybridized carbons (Fsp3) is 0.261. The minimum absolute atomic E-state index is 0.300. The molecule has 0 amide bonds. The summed E-state index contributed by atoms with van der Waals surface area (Å²) < 4.78 is 11.1. The summed E-state index contributed by atoms with van der Waals surface area (Å²) in [6, 6.07) is 17.2. The van der Waals surface area contributed by atoms with Crippen LogP contribution < -0.4 is 10.1 Å². The molecule has 0 radical (unpaired) electrons. The van der Waals surface area contributed by atoms with Gasteiger partial charge in [-0.2, -0.15) is 0 Å². The maximum Gasteiger partial charge on any atom is 0.338 e. The molecule has 0 atom stereocenters. The third-order valence-corrected chi connectivity index (χ3v) is 4.18. The van der Waals surface area contributed by atoms with Crippen LogP contribution >= 0.6 is 0 Å². The van der Waals surface area contributed by atoms with Gasteiger partial charge in [-0.05, 0) is 56.7 Å². The second-order valence-electron chi connectivity index (χ2n) is 6.71. The summed E-state index contributed by atoms with van der Waals surface area (Å²) in [5.41, 5.74) is 4.14. The van der Waals surface area contributed by atoms with Gasteiger partial charge in [0.1, 0.15) is 5.75 Å². The monoisotopic (exact) mass is 391 g/mol. The van der Waals surface area contributed by atoms with Gasteiger partial charge in [-0.1, -0.05) is 25.1 Å². The van der Waals surface area contributed by atoms with Crippen LogP contribution in [-0.2, 0) is 11.3 Å². The molecule has 3 rings (SSSR count). The van der Waals surface area contributed by atoms with E-state index in [-0.39, 0.29) is 5.97 Å². The third kappa shape index (κ3) is 5.78. The van der Waals surface area contributed by atoms with Crippen molar-refractivity contribution >= 4 is 11.7 Å². The van der Waals surface area contributed by atoms with E-state index < -0.39 is 0 Å². The average molecular weight is 391 g/mol. The normalized spacial score (nSPS) is 10.4. The second-order valence-corrected chi connectivity index (χ2v) is 6.71. The quantitative estimate of drug-likeness (QED) is 0.541. The fourth-order valence-electron chi connectivity index (χ4n) is 2.79. The summed E-state index contributed by atoms with van der Waals surface area (Å²) in [7, 11) is 0. The number of hydrogen-bond donors (Lipinski definition) is 1. The van der Waals surface area contributed by atoms with Crippen molar-refractivity contribution < 1.29 is 14.3 Å². The first-order valence-electron chi connectivity index (χ1n) is 9.64. The molecular formula is C23H25N3O3. The van der Waals surface area contributed by atoms with E-state index in [1.807, 2.05) is 63.2 Å². The van der Waals surface area contributed by atoms with Crippen LogP contribution in [0.25, 0.3) is 0 Å². The molecule has 1 aromatic heterocycles. The maximum atomic E-state index is 11.9. The average Bonchev–Trinajstić information content (AvgIpc) is 2.71. The Morgan fingerprint density at radius 1 is 1.00 bits per heavy atom. The molecule has 3 aromatic rings. The van der Waals surface area contributed by atoms with Crippen LogP contribution in [0.2, 0.25) is 0 Å². The minimum Gasteiger partial charge on any atom is -0.462 e. The number of benzene rings is 2. The number of nitrogens with zero attached hydrogens (tertiary/aromatic N) is 2. The van der Waals surface area contributed by atoms with Crippen LogP contribution in [0.1, 0.15) is 40.7 Å². The largest absolute Gasteiger partial charge is 0.462 e. The third-order valence-electron chi connectivity index (χ3n) is 4.18. The van der Waals surface area contributed by atoms with Crippen LogP contribution in [0, 0.1) is 13.8 Å². The Bertz CT molecular complexity index is 951. The molecule has 150 valence electrons. The molecule has 0 aliphatic heterocycles. The smallest absolute Gasteiger partial charge is 0.338 e. The Kier molecular flexibility index (Phi) is 6.79. The molecule has 0 spiro atoms. The number of rotatable bonds is 8. The molecule has 6 heteroatoms. The van der Waals surface area contributed by atoms with Gasteiger partial charge in [0.05, 0.1) is 12.2 Å². The molecule has 1 N–H and O–H groups in total. The number of ether oxygens (including phenoxy) is 2. The van der Waals surface area contributed by atoms with Crippen LogP contribution in [-0.4, -0.2) is 22.5 Å². The topological polar surface area (TPSA) is 73.3 Å². The summed E-state index contributed by atoms with van der Waals surface area (Å²) >= 11 is 0. The number of anilines is 1. The van der Waals surface area contributed by atoms with Crippen LogP contribution in [0.15, 0.2) is 54.6 Å². The van der Waals surface area contributed by atoms with E-state index in [4.69, 9.17) is 9.47 Å². The van der Waals surface area contributed by atoms with Crippen LogP contribution in [0.4, 0.5) is 5.69 Å². The Morgan fingerprint density at radius 3 is 2.38 bits per heavy atom. The first kappa shape index (κ1) is 20.3. The zero-order valence-electron chi connectivity index (χ0n) is 16.9. The lowest BCUT2D eigenvalue weighted by molar-refractivity contribution is 0.0505. The Hall–Kier alpha value is -3.41. The van der Waals surface area contributed by atoms with Crippen LogP contribution in [0.3, 0.4) is 0 Å². The Balaban J connectivity index is 1.66. The summed E-state index contributed by atoms with van der Waals surface area (Å²) in [5, 5.41) is 3.35. The number of carbonyl (C=O) groups is 1. The van der Waals surface area contributed by atoms with Gasteiger partial charge in [0.2, 0.25) is 0 Å². The highest BCUT2D eigenvalue weighted by molar-refractivity contribution is 5.89. The number of esters is 1. The van der Waals surface area contributed by atoms with E-state index >= 15 is 0 Å². The van der Waals surface area contributed by atoms with Crippen molar-refractivity contribution in [2.45, 2.75) is 33.7 Å². The number of para-hydroxylation sites is 1. The van der Waals surface area contributed by atoms with E-state index in [1.54, 1.807) is 12.1 Å². The van der Waals surface area contributed by atoms with Gasteiger partial charge in [0, 0.05) is 29.2 Å². The number of aromatic nitrogens is 2. The predicted octanol–water partition coefficient (Wildman–Crippen LogP) is 5.06. The van der Waals surface area contributed by atoms with Gasteiger partial charge < -0.3 is 14.8 Å². The summed E-state index contributed by atoms with van der Waals surface area (Å²) in [5.74, 6) is 0.398. The molecule has 6 nitrogen and oxygen atoms in total. The SMILES string of the molecule is CCCOC(=O)c1ccc(NCc2ccccc2Oc2nc(C)cc(C)n2)cc1. The highest BCUT2D eigenvalue weighted by atomic mass is 16.5. The van der Waals surface area contributed by atoms with Crippen molar-refractivity contribution in [1.82, 2.24) is 9.97 Å². The van der Waals surface area contributed by atoms with Crippen molar-refractivity contribution in [3.8, 4) is 11.8 Å². The second kappa shape index (κ2) is 9.68. The van der Waals surface area contributed by atoms with E-state index in [1.165, 1.54) is 0 Å². The number of hydrogen-bond acceptors (Lipinski definition) is 6. The summed E-state index contributed by atoms with van der Waals surface area (Å²) in [6.07, 6.45) is 0.806. The van der Waals surface area contributed by atoms with Crippen LogP contribution in [0.5, 0.6) is 11.8 Å². The number of nitrogens with one attached hydrogen (secondary N) is 1. The summed E-state index contributed by atoms with van der Waals surface area (Å²) in [4.78, 5) is 20.6. The Morgan fingerprint density at radius 2 is 1.69 bits per heavy atom. The standard InChI is InChI=1S/C23H25N3O3/c1-4-13-28-22(27)18-9-11-20(12-10-18)24-15-19-7-5-6-8-21(19)29-23-25-16(2)14-17(3)26-23/h5-12,14,24H,4,13,15H2,1-3H3. The van der Waals surface area contributed by atoms with E-state index in [2.05, 4.69) is 15.3 Å². The predicted molar refractivity (Wildman–Crippen MR) is 112 cm³/mol. The maximum absolute atomic E-state index is 11.9. The Labute approximate surface area is 170 Å². The minimum atomic E-state index is -0.300. The van der Waals surface area contributed by atoms with Gasteiger partial charge in [0.25, 0.3) is 0 Å². The first-order chi connectivity index (χ1) is 14.0. The lowest BCUT2D eigenvalue weighted by atomic mass is 10.1. The van der Waals surface area contributed by atoms with E-state index in [9.17, 15) is 4.79 Å². The fourth-order valence-corrected chi connectivity index (χ4v) is 2.79. The first-order valence-corrected chi connectivity index (χ1v) is 9.64. The molecule has 29 heavy (non-hydrogen) atoms. The van der Waals surface area contributed by atoms with Crippen molar-refractivity contribution in [1.29, 1.82) is 0 Å².